The molecule has 0 aliphatic carbocycles. The third-order valence-corrected chi connectivity index (χ3v) is 1.19. The van der Waals surface area contributed by atoms with Crippen molar-refractivity contribution in [3.63, 3.8) is 0 Å². The smallest absolute Gasteiger partial charge is 0.0357 e. The SMILES string of the molecule is CCN=CC(C)CC. The Hall–Kier alpha value is -0.330. The van der Waals surface area contributed by atoms with Crippen LogP contribution in [-0.2, 0) is 0 Å². The quantitative estimate of drug-likeness (QED) is 0.497. The van der Waals surface area contributed by atoms with E-state index in [4.69, 9.17) is 0 Å². The van der Waals surface area contributed by atoms with Crippen molar-refractivity contribution in [1.82, 2.24) is 0 Å². The minimum atomic E-state index is 0.662. The summed E-state index contributed by atoms with van der Waals surface area (Å²) in [6.45, 7) is 7.33. The van der Waals surface area contributed by atoms with Gasteiger partial charge in [-0.1, -0.05) is 13.8 Å². The third-order valence-electron chi connectivity index (χ3n) is 1.19. The summed E-state index contributed by atoms with van der Waals surface area (Å²) in [4.78, 5) is 4.12. The van der Waals surface area contributed by atoms with E-state index >= 15 is 0 Å². The van der Waals surface area contributed by atoms with Crippen LogP contribution in [0.3, 0.4) is 0 Å². The highest BCUT2D eigenvalue weighted by atomic mass is 14.7. The molecule has 0 heterocycles. The predicted octanol–water partition coefficient (Wildman–Crippen LogP) is 2.12. The molecule has 1 unspecified atom stereocenters. The highest BCUT2D eigenvalue weighted by Gasteiger charge is 1.88. The van der Waals surface area contributed by atoms with Gasteiger partial charge >= 0.3 is 0 Å². The Morgan fingerprint density at radius 2 is 2.12 bits per heavy atom. The van der Waals surface area contributed by atoms with Gasteiger partial charge in [0, 0.05) is 12.8 Å². The summed E-state index contributed by atoms with van der Waals surface area (Å²) >= 11 is 0. The minimum Gasteiger partial charge on any atom is -0.298 e. The Morgan fingerprint density at radius 1 is 1.50 bits per heavy atom. The molecule has 0 fully saturated rings. The topological polar surface area (TPSA) is 12.4 Å². The molecule has 0 spiro atoms. The summed E-state index contributed by atoms with van der Waals surface area (Å²) in [7, 11) is 0. The summed E-state index contributed by atoms with van der Waals surface area (Å²) in [5, 5.41) is 0. The van der Waals surface area contributed by atoms with Crippen LogP contribution in [0.4, 0.5) is 0 Å². The van der Waals surface area contributed by atoms with Crippen molar-refractivity contribution in [3.8, 4) is 0 Å². The highest BCUT2D eigenvalue weighted by molar-refractivity contribution is 5.59. The highest BCUT2D eigenvalue weighted by Crippen LogP contribution is 1.94. The number of rotatable bonds is 3. The lowest BCUT2D eigenvalue weighted by Gasteiger charge is -1.95. The first-order valence-corrected chi connectivity index (χ1v) is 3.31. The number of hydrogen-bond donors (Lipinski definition) is 0. The van der Waals surface area contributed by atoms with Crippen molar-refractivity contribution in [2.24, 2.45) is 10.9 Å². The fourth-order valence-electron chi connectivity index (χ4n) is 0.391. The van der Waals surface area contributed by atoms with Crippen LogP contribution in [0, 0.1) is 5.92 Å². The molecule has 0 aliphatic rings. The van der Waals surface area contributed by atoms with Crippen molar-refractivity contribution in [3.05, 3.63) is 0 Å². The predicted molar refractivity (Wildman–Crippen MR) is 38.5 cm³/mol. The molecule has 1 atom stereocenters. The summed E-state index contributed by atoms with van der Waals surface area (Å²) < 4.78 is 0. The standard InChI is InChI=1S/C7H15N/c1-4-7(3)6-8-5-2/h6-7H,4-5H2,1-3H3. The first-order chi connectivity index (χ1) is 3.81. The molecule has 48 valence electrons. The van der Waals surface area contributed by atoms with Gasteiger partial charge in [-0.2, -0.15) is 0 Å². The minimum absolute atomic E-state index is 0.662. The Balaban J connectivity index is 3.21. The maximum atomic E-state index is 4.12. The van der Waals surface area contributed by atoms with Gasteiger partial charge in [0.05, 0.1) is 0 Å². The van der Waals surface area contributed by atoms with E-state index in [2.05, 4.69) is 25.8 Å². The molecule has 0 aliphatic heterocycles. The molecule has 0 amide bonds. The van der Waals surface area contributed by atoms with E-state index in [1.165, 1.54) is 6.42 Å². The average Bonchev–Trinajstić information content (AvgIpc) is 1.83. The molecule has 8 heavy (non-hydrogen) atoms. The molecule has 0 saturated carbocycles. The zero-order chi connectivity index (χ0) is 6.41. The second-order valence-electron chi connectivity index (χ2n) is 2.03. The van der Waals surface area contributed by atoms with E-state index < -0.39 is 0 Å². The fraction of sp³-hybridized carbons (Fsp3) is 0.857. The van der Waals surface area contributed by atoms with Gasteiger partial charge in [-0.25, -0.2) is 0 Å². The van der Waals surface area contributed by atoms with E-state index in [0.717, 1.165) is 6.54 Å². The zero-order valence-corrected chi connectivity index (χ0v) is 6.02. The van der Waals surface area contributed by atoms with Crippen LogP contribution in [0.15, 0.2) is 4.99 Å². The van der Waals surface area contributed by atoms with Gasteiger partial charge in [-0.05, 0) is 19.3 Å². The van der Waals surface area contributed by atoms with Crippen LogP contribution in [0.1, 0.15) is 27.2 Å². The summed E-state index contributed by atoms with van der Waals surface area (Å²) in [6.07, 6.45) is 3.23. The van der Waals surface area contributed by atoms with Crippen LogP contribution in [0.25, 0.3) is 0 Å². The van der Waals surface area contributed by atoms with Crippen LogP contribution in [0.2, 0.25) is 0 Å². The van der Waals surface area contributed by atoms with Crippen molar-refractivity contribution < 1.29 is 0 Å². The number of hydrogen-bond acceptors (Lipinski definition) is 1. The molecule has 0 rings (SSSR count). The lowest BCUT2D eigenvalue weighted by molar-refractivity contribution is 0.751. The lowest BCUT2D eigenvalue weighted by Crippen LogP contribution is -1.92. The molecule has 0 aromatic rings. The number of nitrogens with zero attached hydrogens (tertiary/aromatic N) is 1. The Bertz CT molecular complexity index is 66.8. The second-order valence-corrected chi connectivity index (χ2v) is 2.03. The van der Waals surface area contributed by atoms with Crippen molar-refractivity contribution in [2.75, 3.05) is 6.54 Å². The number of aliphatic imine (C=N–C) groups is 1. The van der Waals surface area contributed by atoms with Gasteiger partial charge in [0.25, 0.3) is 0 Å². The van der Waals surface area contributed by atoms with E-state index in [-0.39, 0.29) is 0 Å². The van der Waals surface area contributed by atoms with Gasteiger partial charge < -0.3 is 0 Å². The molecule has 0 aromatic heterocycles. The fourth-order valence-corrected chi connectivity index (χ4v) is 0.391. The Labute approximate surface area is 51.8 Å². The summed E-state index contributed by atoms with van der Waals surface area (Å²) in [5.41, 5.74) is 0. The van der Waals surface area contributed by atoms with Gasteiger partial charge in [-0.15, -0.1) is 0 Å². The van der Waals surface area contributed by atoms with Gasteiger partial charge in [-0.3, -0.25) is 4.99 Å². The van der Waals surface area contributed by atoms with E-state index in [0.29, 0.717) is 5.92 Å². The normalized spacial score (nSPS) is 14.9. The maximum absolute atomic E-state index is 4.12. The first kappa shape index (κ1) is 7.67. The molecule has 1 heteroatoms. The van der Waals surface area contributed by atoms with Crippen LogP contribution >= 0.6 is 0 Å². The first-order valence-electron chi connectivity index (χ1n) is 3.31. The van der Waals surface area contributed by atoms with Crippen LogP contribution in [-0.4, -0.2) is 12.8 Å². The van der Waals surface area contributed by atoms with Gasteiger partial charge in [0.2, 0.25) is 0 Å². The van der Waals surface area contributed by atoms with Gasteiger partial charge in [0.1, 0.15) is 0 Å². The van der Waals surface area contributed by atoms with E-state index in [1.54, 1.807) is 0 Å². The summed E-state index contributed by atoms with van der Waals surface area (Å²) in [6, 6.07) is 0. The van der Waals surface area contributed by atoms with Crippen molar-refractivity contribution >= 4 is 6.21 Å². The summed E-state index contributed by atoms with van der Waals surface area (Å²) in [5.74, 6) is 0.662. The lowest BCUT2D eigenvalue weighted by atomic mass is 10.1. The van der Waals surface area contributed by atoms with Crippen molar-refractivity contribution in [2.45, 2.75) is 27.2 Å². The molecule has 0 bridgehead atoms. The molecule has 1 nitrogen and oxygen atoms in total. The van der Waals surface area contributed by atoms with Gasteiger partial charge in [0.15, 0.2) is 0 Å². The molecular weight excluding hydrogens is 98.1 g/mol. The van der Waals surface area contributed by atoms with E-state index in [9.17, 15) is 0 Å². The van der Waals surface area contributed by atoms with Crippen LogP contribution in [0.5, 0.6) is 0 Å². The molecule has 0 radical (unpaired) electrons. The molecular formula is C7H15N. The molecule has 0 aromatic carbocycles. The average molecular weight is 113 g/mol. The zero-order valence-electron chi connectivity index (χ0n) is 6.02. The van der Waals surface area contributed by atoms with Crippen LogP contribution < -0.4 is 0 Å². The largest absolute Gasteiger partial charge is 0.298 e. The molecule has 0 N–H and O–H groups in total. The van der Waals surface area contributed by atoms with E-state index in [1.807, 2.05) is 6.21 Å². The second kappa shape index (κ2) is 4.82. The molecule has 0 saturated heterocycles. The maximum Gasteiger partial charge on any atom is 0.0357 e. The Kier molecular flexibility index (Phi) is 4.62. The van der Waals surface area contributed by atoms with Crippen molar-refractivity contribution in [1.29, 1.82) is 0 Å². The monoisotopic (exact) mass is 113 g/mol. The Morgan fingerprint density at radius 3 is 2.50 bits per heavy atom. The third kappa shape index (κ3) is 3.85.